The number of rotatable bonds is 6. The molecule has 112 valence electrons. The molecule has 6 heteroatoms. The molecule has 1 aliphatic heterocycles. The normalized spacial score (nSPS) is 15.8. The molecule has 0 saturated heterocycles. The van der Waals surface area contributed by atoms with E-state index in [4.69, 9.17) is 14.2 Å². The molecular weight excluding hydrogens is 326 g/mol. The number of benzene rings is 1. The van der Waals surface area contributed by atoms with Crippen LogP contribution < -0.4 is 14.8 Å². The number of hydrogen-bond acceptors (Lipinski definition) is 5. The van der Waals surface area contributed by atoms with Gasteiger partial charge in [-0.2, -0.15) is 0 Å². The lowest BCUT2D eigenvalue weighted by Crippen LogP contribution is -2.25. The van der Waals surface area contributed by atoms with E-state index >= 15 is 0 Å². The fraction of sp³-hybridized carbons (Fsp3) is 0.571. The van der Waals surface area contributed by atoms with Crippen LogP contribution in [0.4, 0.5) is 0 Å². The van der Waals surface area contributed by atoms with Gasteiger partial charge in [-0.3, -0.25) is 0 Å². The maximum absolute atomic E-state index is 10.2. The topological polar surface area (TPSA) is 60.0 Å². The lowest BCUT2D eigenvalue weighted by Gasteiger charge is -2.16. The highest BCUT2D eigenvalue weighted by molar-refractivity contribution is 9.10. The van der Waals surface area contributed by atoms with Crippen LogP contribution in [0.3, 0.4) is 0 Å². The second-order valence-corrected chi connectivity index (χ2v) is 5.45. The van der Waals surface area contributed by atoms with Crippen molar-refractivity contribution < 1.29 is 19.3 Å². The zero-order chi connectivity index (χ0) is 14.4. The highest BCUT2D eigenvalue weighted by Gasteiger charge is 2.18. The summed E-state index contributed by atoms with van der Waals surface area (Å²) in [5, 5.41) is 13.3. The summed E-state index contributed by atoms with van der Waals surface area (Å²) in [6.45, 7) is 3.07. The first-order chi connectivity index (χ1) is 9.72. The molecule has 1 aromatic rings. The standard InChI is InChI=1S/C14H20BrNO4/c1-18-6-3-16-9-12(17)10-7-11(15)14-13(8-10)19-4-2-5-20-14/h7-8,12,16-17H,2-6,9H2,1H3. The van der Waals surface area contributed by atoms with Gasteiger partial charge < -0.3 is 24.6 Å². The van der Waals surface area contributed by atoms with Crippen molar-refractivity contribution in [2.45, 2.75) is 12.5 Å². The monoisotopic (exact) mass is 345 g/mol. The number of nitrogens with one attached hydrogen (secondary N) is 1. The molecule has 5 nitrogen and oxygen atoms in total. The minimum Gasteiger partial charge on any atom is -0.490 e. The van der Waals surface area contributed by atoms with Crippen LogP contribution in [0.15, 0.2) is 16.6 Å². The Hall–Kier alpha value is -0.820. The summed E-state index contributed by atoms with van der Waals surface area (Å²) >= 11 is 3.47. The van der Waals surface area contributed by atoms with Gasteiger partial charge in [0.15, 0.2) is 11.5 Å². The Morgan fingerprint density at radius 1 is 1.40 bits per heavy atom. The number of methoxy groups -OCH3 is 1. The molecular formula is C14H20BrNO4. The first-order valence-electron chi connectivity index (χ1n) is 6.69. The zero-order valence-corrected chi connectivity index (χ0v) is 13.1. The molecule has 0 spiro atoms. The van der Waals surface area contributed by atoms with Crippen molar-refractivity contribution in [2.24, 2.45) is 0 Å². The second-order valence-electron chi connectivity index (χ2n) is 4.59. The van der Waals surface area contributed by atoms with E-state index in [9.17, 15) is 5.11 Å². The van der Waals surface area contributed by atoms with E-state index in [1.807, 2.05) is 12.1 Å². The molecule has 1 aliphatic rings. The van der Waals surface area contributed by atoms with E-state index < -0.39 is 6.10 Å². The largest absolute Gasteiger partial charge is 0.490 e. The number of aliphatic hydroxyl groups is 1. The van der Waals surface area contributed by atoms with Crippen LogP contribution in [-0.2, 0) is 4.74 Å². The summed E-state index contributed by atoms with van der Waals surface area (Å²) in [5.74, 6) is 1.40. The Balaban J connectivity index is 2.04. The van der Waals surface area contributed by atoms with E-state index in [2.05, 4.69) is 21.2 Å². The average molecular weight is 346 g/mol. The lowest BCUT2D eigenvalue weighted by molar-refractivity contribution is 0.161. The van der Waals surface area contributed by atoms with E-state index in [0.29, 0.717) is 44.4 Å². The predicted molar refractivity (Wildman–Crippen MR) is 79.5 cm³/mol. The Kier molecular flexibility index (Phi) is 6.09. The number of ether oxygens (including phenoxy) is 3. The molecule has 2 N–H and O–H groups in total. The predicted octanol–water partition coefficient (Wildman–Crippen LogP) is 1.88. The van der Waals surface area contributed by atoms with Crippen LogP contribution in [0.2, 0.25) is 0 Å². The van der Waals surface area contributed by atoms with Crippen molar-refractivity contribution in [3.8, 4) is 11.5 Å². The fourth-order valence-corrected chi connectivity index (χ4v) is 2.55. The summed E-state index contributed by atoms with van der Waals surface area (Å²) in [7, 11) is 1.65. The van der Waals surface area contributed by atoms with Crippen LogP contribution in [0, 0.1) is 0 Å². The molecule has 0 bridgehead atoms. The molecule has 1 atom stereocenters. The Bertz CT molecular complexity index is 441. The minimum atomic E-state index is -0.597. The molecule has 0 saturated carbocycles. The van der Waals surface area contributed by atoms with Gasteiger partial charge in [0.25, 0.3) is 0 Å². The molecule has 0 aromatic heterocycles. The van der Waals surface area contributed by atoms with Gasteiger partial charge in [0.2, 0.25) is 0 Å². The molecule has 0 amide bonds. The van der Waals surface area contributed by atoms with Crippen LogP contribution in [0.5, 0.6) is 11.5 Å². The number of aliphatic hydroxyl groups excluding tert-OH is 1. The second kappa shape index (κ2) is 7.83. The molecule has 1 aromatic carbocycles. The molecule has 20 heavy (non-hydrogen) atoms. The Morgan fingerprint density at radius 2 is 2.20 bits per heavy atom. The van der Waals surface area contributed by atoms with E-state index in [-0.39, 0.29) is 0 Å². The Labute approximate surface area is 127 Å². The first-order valence-corrected chi connectivity index (χ1v) is 7.48. The van der Waals surface area contributed by atoms with Crippen molar-refractivity contribution in [1.82, 2.24) is 5.32 Å². The van der Waals surface area contributed by atoms with E-state index in [0.717, 1.165) is 16.5 Å². The van der Waals surface area contributed by atoms with Gasteiger partial charge >= 0.3 is 0 Å². The van der Waals surface area contributed by atoms with E-state index in [1.165, 1.54) is 0 Å². The molecule has 1 unspecified atom stereocenters. The average Bonchev–Trinajstić information content (AvgIpc) is 2.69. The first kappa shape index (κ1) is 15.6. The smallest absolute Gasteiger partial charge is 0.175 e. The molecule has 1 heterocycles. The van der Waals surface area contributed by atoms with Gasteiger partial charge in [-0.05, 0) is 33.6 Å². The van der Waals surface area contributed by atoms with Crippen LogP contribution >= 0.6 is 15.9 Å². The molecule has 0 radical (unpaired) electrons. The third-order valence-electron chi connectivity index (χ3n) is 3.03. The molecule has 0 fully saturated rings. The van der Waals surface area contributed by atoms with Gasteiger partial charge in [-0.15, -0.1) is 0 Å². The summed E-state index contributed by atoms with van der Waals surface area (Å²) in [4.78, 5) is 0. The van der Waals surface area contributed by atoms with Gasteiger partial charge in [-0.1, -0.05) is 0 Å². The SMILES string of the molecule is COCCNCC(O)c1cc(Br)c2c(c1)OCCCO2. The van der Waals surface area contributed by atoms with Crippen molar-refractivity contribution in [3.05, 3.63) is 22.2 Å². The van der Waals surface area contributed by atoms with Gasteiger partial charge in [0, 0.05) is 26.6 Å². The summed E-state index contributed by atoms with van der Waals surface area (Å²) in [6, 6.07) is 3.71. The highest BCUT2D eigenvalue weighted by atomic mass is 79.9. The van der Waals surface area contributed by atoms with Crippen LogP contribution in [-0.4, -0.2) is 45.1 Å². The number of hydrogen-bond donors (Lipinski definition) is 2. The molecule has 0 aliphatic carbocycles. The van der Waals surface area contributed by atoms with Crippen molar-refractivity contribution >= 4 is 15.9 Å². The Morgan fingerprint density at radius 3 is 3.00 bits per heavy atom. The molecule has 2 rings (SSSR count). The zero-order valence-electron chi connectivity index (χ0n) is 11.5. The van der Waals surface area contributed by atoms with Crippen molar-refractivity contribution in [3.63, 3.8) is 0 Å². The van der Waals surface area contributed by atoms with Gasteiger partial charge in [-0.25, -0.2) is 0 Å². The van der Waals surface area contributed by atoms with Gasteiger partial charge in [0.1, 0.15) is 0 Å². The third kappa shape index (κ3) is 4.09. The number of halogens is 1. The van der Waals surface area contributed by atoms with E-state index in [1.54, 1.807) is 7.11 Å². The lowest BCUT2D eigenvalue weighted by atomic mass is 10.1. The third-order valence-corrected chi connectivity index (χ3v) is 3.62. The van der Waals surface area contributed by atoms with Crippen LogP contribution in [0.1, 0.15) is 18.1 Å². The summed E-state index contributed by atoms with van der Waals surface area (Å²) < 4.78 is 17.1. The van der Waals surface area contributed by atoms with Crippen molar-refractivity contribution in [2.75, 3.05) is 40.0 Å². The van der Waals surface area contributed by atoms with Crippen molar-refractivity contribution in [1.29, 1.82) is 0 Å². The maximum atomic E-state index is 10.2. The quantitative estimate of drug-likeness (QED) is 0.771. The van der Waals surface area contributed by atoms with Gasteiger partial charge in [0.05, 0.1) is 30.4 Å². The fourth-order valence-electron chi connectivity index (χ4n) is 1.97. The number of fused-ring (bicyclic) bond motifs is 1. The van der Waals surface area contributed by atoms with Crippen LogP contribution in [0.25, 0.3) is 0 Å². The summed E-state index contributed by atoms with van der Waals surface area (Å²) in [6.07, 6.45) is 0.262. The summed E-state index contributed by atoms with van der Waals surface area (Å²) in [5.41, 5.74) is 0.797. The highest BCUT2D eigenvalue weighted by Crippen LogP contribution is 2.39. The maximum Gasteiger partial charge on any atom is 0.175 e. The minimum absolute atomic E-state index is 0.468.